The molecule has 0 saturated heterocycles. The number of nitrogens with zero attached hydrogens (tertiary/aromatic N) is 1. The summed E-state index contributed by atoms with van der Waals surface area (Å²) in [6.07, 6.45) is 5.38. The van der Waals surface area contributed by atoms with Crippen molar-refractivity contribution in [3.63, 3.8) is 0 Å². The fourth-order valence-corrected chi connectivity index (χ4v) is 4.72. The summed E-state index contributed by atoms with van der Waals surface area (Å²) in [4.78, 5) is 13.4. The molecule has 1 N–H and O–H groups in total. The summed E-state index contributed by atoms with van der Waals surface area (Å²) in [6.45, 7) is 6.36. The molecule has 0 spiro atoms. The van der Waals surface area contributed by atoms with Crippen LogP contribution in [0.1, 0.15) is 67.6 Å². The summed E-state index contributed by atoms with van der Waals surface area (Å²) in [5, 5.41) is 6.30. The number of rotatable bonds is 4. The smallest absolute Gasteiger partial charge is 0.267 e. The second-order valence-electron chi connectivity index (χ2n) is 6.87. The van der Waals surface area contributed by atoms with Crippen LogP contribution in [0.3, 0.4) is 0 Å². The zero-order valence-corrected chi connectivity index (χ0v) is 13.9. The fraction of sp³-hybridized carbons (Fsp3) is 0.647. The van der Waals surface area contributed by atoms with E-state index in [2.05, 4.69) is 31.3 Å². The highest BCUT2D eigenvalue weighted by Gasteiger charge is 2.40. The van der Waals surface area contributed by atoms with E-state index in [0.717, 1.165) is 23.1 Å². The van der Waals surface area contributed by atoms with Crippen molar-refractivity contribution in [2.75, 3.05) is 0 Å². The topological polar surface area (TPSA) is 41.5 Å². The molecule has 114 valence electrons. The highest BCUT2D eigenvalue weighted by molar-refractivity contribution is 7.10. The van der Waals surface area contributed by atoms with E-state index >= 15 is 0 Å². The number of amides is 1. The lowest BCUT2D eigenvalue weighted by molar-refractivity contribution is 0.0955. The summed E-state index contributed by atoms with van der Waals surface area (Å²) in [7, 11) is 0. The first-order valence-electron chi connectivity index (χ1n) is 7.97. The Morgan fingerprint density at radius 1 is 1.38 bits per heavy atom. The molecule has 3 atom stereocenters. The lowest BCUT2D eigenvalue weighted by Gasteiger charge is -2.21. The Morgan fingerprint density at radius 2 is 2.19 bits per heavy atom. The molecule has 2 saturated carbocycles. The van der Waals surface area contributed by atoms with Crippen LogP contribution in [0, 0.1) is 17.8 Å². The van der Waals surface area contributed by atoms with Crippen molar-refractivity contribution >= 4 is 23.0 Å². The molecule has 0 aliphatic heterocycles. The van der Waals surface area contributed by atoms with Crippen LogP contribution in [0.4, 0.5) is 0 Å². The molecule has 0 radical (unpaired) electrons. The SMILES string of the molecule is C/C(=N\NC(=O)c1csc(C(C)C)c1)[C@@H]1C[C@@H]2CC[C@@H]1C2. The van der Waals surface area contributed by atoms with Gasteiger partial charge in [0.1, 0.15) is 0 Å². The third-order valence-electron chi connectivity index (χ3n) is 5.06. The number of fused-ring (bicyclic) bond motifs is 2. The summed E-state index contributed by atoms with van der Waals surface area (Å²) < 4.78 is 0. The molecular weight excluding hydrogens is 280 g/mol. The largest absolute Gasteiger partial charge is 0.272 e. The molecule has 2 bridgehead atoms. The highest BCUT2D eigenvalue weighted by atomic mass is 32.1. The van der Waals surface area contributed by atoms with Gasteiger partial charge in [-0.2, -0.15) is 5.10 Å². The Bertz CT molecular complexity index is 561. The van der Waals surface area contributed by atoms with Crippen molar-refractivity contribution in [3.05, 3.63) is 21.9 Å². The van der Waals surface area contributed by atoms with E-state index in [1.54, 1.807) is 11.3 Å². The van der Waals surface area contributed by atoms with Gasteiger partial charge in [0, 0.05) is 21.9 Å². The zero-order chi connectivity index (χ0) is 15.0. The number of hydrogen-bond acceptors (Lipinski definition) is 3. The van der Waals surface area contributed by atoms with E-state index < -0.39 is 0 Å². The van der Waals surface area contributed by atoms with Crippen molar-refractivity contribution in [2.24, 2.45) is 22.9 Å². The maximum atomic E-state index is 12.1. The van der Waals surface area contributed by atoms with Crippen molar-refractivity contribution in [3.8, 4) is 0 Å². The molecular formula is C17H24N2OS. The van der Waals surface area contributed by atoms with Gasteiger partial charge in [-0.1, -0.05) is 20.3 Å². The molecule has 2 fully saturated rings. The van der Waals surface area contributed by atoms with Crippen LogP contribution in [0.5, 0.6) is 0 Å². The van der Waals surface area contributed by atoms with Gasteiger partial charge in [-0.25, -0.2) is 5.43 Å². The molecule has 3 nitrogen and oxygen atoms in total. The van der Waals surface area contributed by atoms with E-state index in [1.165, 1.54) is 30.6 Å². The predicted molar refractivity (Wildman–Crippen MR) is 87.9 cm³/mol. The molecule has 2 aliphatic carbocycles. The highest BCUT2D eigenvalue weighted by Crippen LogP contribution is 2.48. The monoisotopic (exact) mass is 304 g/mol. The summed E-state index contributed by atoms with van der Waals surface area (Å²) in [5.74, 6) is 2.70. The first-order chi connectivity index (χ1) is 10.0. The zero-order valence-electron chi connectivity index (χ0n) is 13.1. The van der Waals surface area contributed by atoms with E-state index in [1.807, 2.05) is 11.4 Å². The minimum absolute atomic E-state index is 0.0827. The number of hydrazone groups is 1. The summed E-state index contributed by atoms with van der Waals surface area (Å²) in [5.41, 5.74) is 4.58. The van der Waals surface area contributed by atoms with Gasteiger partial charge in [0.05, 0.1) is 5.56 Å². The molecule has 2 aliphatic rings. The van der Waals surface area contributed by atoms with Crippen molar-refractivity contribution < 1.29 is 4.79 Å². The number of carbonyl (C=O) groups is 1. The number of hydrogen-bond donors (Lipinski definition) is 1. The summed E-state index contributed by atoms with van der Waals surface area (Å²) >= 11 is 1.65. The number of carbonyl (C=O) groups excluding carboxylic acids is 1. The van der Waals surface area contributed by atoms with Crippen molar-refractivity contribution in [2.45, 2.75) is 52.4 Å². The Balaban J connectivity index is 1.60. The first kappa shape index (κ1) is 14.8. The Morgan fingerprint density at radius 3 is 2.76 bits per heavy atom. The Hall–Kier alpha value is -1.16. The van der Waals surface area contributed by atoms with Crippen LogP contribution in [0.15, 0.2) is 16.5 Å². The minimum Gasteiger partial charge on any atom is -0.267 e. The van der Waals surface area contributed by atoms with E-state index in [0.29, 0.717) is 11.8 Å². The molecule has 1 heterocycles. The number of thiophene rings is 1. The summed E-state index contributed by atoms with van der Waals surface area (Å²) in [6, 6.07) is 1.98. The third kappa shape index (κ3) is 3.05. The Kier molecular flexibility index (Phi) is 4.16. The van der Waals surface area contributed by atoms with Crippen LogP contribution in [0.2, 0.25) is 0 Å². The second kappa shape index (κ2) is 5.91. The van der Waals surface area contributed by atoms with Gasteiger partial charge in [-0.3, -0.25) is 4.79 Å². The van der Waals surface area contributed by atoms with Gasteiger partial charge >= 0.3 is 0 Å². The van der Waals surface area contributed by atoms with Crippen LogP contribution >= 0.6 is 11.3 Å². The molecule has 21 heavy (non-hydrogen) atoms. The average Bonchev–Trinajstić information content (AvgIpc) is 3.18. The normalized spacial score (nSPS) is 28.4. The van der Waals surface area contributed by atoms with Gasteiger partial charge in [-0.05, 0) is 50.0 Å². The maximum absolute atomic E-state index is 12.1. The standard InChI is InChI=1S/C17H24N2OS/c1-10(2)16-8-14(9-21-16)17(20)19-18-11(3)15-7-12-4-5-13(15)6-12/h8-10,12-13,15H,4-7H2,1-3H3,(H,19,20)/b18-11+/t12-,13-,15+/m1/s1. The Labute approximate surface area is 130 Å². The number of nitrogens with one attached hydrogen (secondary N) is 1. The molecule has 4 heteroatoms. The molecule has 1 amide bonds. The fourth-order valence-electron chi connectivity index (χ4n) is 3.82. The van der Waals surface area contributed by atoms with Gasteiger partial charge in [0.2, 0.25) is 0 Å². The third-order valence-corrected chi connectivity index (χ3v) is 6.29. The van der Waals surface area contributed by atoms with Gasteiger partial charge in [0.15, 0.2) is 0 Å². The second-order valence-corrected chi connectivity index (χ2v) is 7.81. The van der Waals surface area contributed by atoms with Crippen molar-refractivity contribution in [1.82, 2.24) is 5.43 Å². The lowest BCUT2D eigenvalue weighted by atomic mass is 9.86. The van der Waals surface area contributed by atoms with Crippen LogP contribution in [-0.2, 0) is 0 Å². The van der Waals surface area contributed by atoms with E-state index in [4.69, 9.17) is 0 Å². The molecule has 1 aromatic heterocycles. The van der Waals surface area contributed by atoms with Crippen LogP contribution in [-0.4, -0.2) is 11.6 Å². The minimum atomic E-state index is -0.0827. The van der Waals surface area contributed by atoms with E-state index in [9.17, 15) is 4.79 Å². The predicted octanol–water partition coefficient (Wildman–Crippen LogP) is 4.41. The van der Waals surface area contributed by atoms with Crippen LogP contribution in [0.25, 0.3) is 0 Å². The maximum Gasteiger partial charge on any atom is 0.272 e. The van der Waals surface area contributed by atoms with Gasteiger partial charge in [-0.15, -0.1) is 11.3 Å². The molecule has 0 aromatic carbocycles. The van der Waals surface area contributed by atoms with Gasteiger partial charge < -0.3 is 0 Å². The quantitative estimate of drug-likeness (QED) is 0.649. The van der Waals surface area contributed by atoms with E-state index in [-0.39, 0.29) is 5.91 Å². The van der Waals surface area contributed by atoms with Crippen LogP contribution < -0.4 is 5.43 Å². The van der Waals surface area contributed by atoms with Crippen molar-refractivity contribution in [1.29, 1.82) is 0 Å². The lowest BCUT2D eigenvalue weighted by Crippen LogP contribution is -2.24. The average molecular weight is 304 g/mol. The van der Waals surface area contributed by atoms with Gasteiger partial charge in [0.25, 0.3) is 5.91 Å². The molecule has 3 rings (SSSR count). The first-order valence-corrected chi connectivity index (χ1v) is 8.85. The molecule has 1 aromatic rings. The molecule has 0 unspecified atom stereocenters.